The number of aliphatic hydroxyl groups is 1. The van der Waals surface area contributed by atoms with Crippen molar-refractivity contribution in [3.05, 3.63) is 0 Å². The van der Waals surface area contributed by atoms with Crippen LogP contribution in [0.4, 0.5) is 0 Å². The molecule has 4 nitrogen and oxygen atoms in total. The number of likely N-dealkylation sites (tertiary alicyclic amines) is 1. The molecule has 2 atom stereocenters. The van der Waals surface area contributed by atoms with Crippen LogP contribution in [0.25, 0.3) is 0 Å². The van der Waals surface area contributed by atoms with Gasteiger partial charge in [-0.15, -0.1) is 0 Å². The van der Waals surface area contributed by atoms with Gasteiger partial charge >= 0.3 is 5.97 Å². The van der Waals surface area contributed by atoms with E-state index in [1.54, 1.807) is 0 Å². The van der Waals surface area contributed by atoms with Gasteiger partial charge in [0.05, 0.1) is 19.1 Å². The molecule has 1 fully saturated rings. The molecule has 0 aromatic rings. The molecule has 15 heavy (non-hydrogen) atoms. The van der Waals surface area contributed by atoms with E-state index in [9.17, 15) is 9.90 Å². The number of piperidine rings is 1. The van der Waals surface area contributed by atoms with Gasteiger partial charge in [-0.25, -0.2) is 0 Å². The second-order valence-corrected chi connectivity index (χ2v) is 4.64. The summed E-state index contributed by atoms with van der Waals surface area (Å²) in [5.74, 6) is -0.0861. The van der Waals surface area contributed by atoms with E-state index in [0.717, 1.165) is 13.1 Å². The highest BCUT2D eigenvalue weighted by atomic mass is 16.5. The first-order valence-corrected chi connectivity index (χ1v) is 5.52. The predicted molar refractivity (Wildman–Crippen MR) is 57.4 cm³/mol. The van der Waals surface area contributed by atoms with E-state index in [1.807, 2.05) is 0 Å². The van der Waals surface area contributed by atoms with Gasteiger partial charge in [-0.05, 0) is 12.3 Å². The molecule has 0 amide bonds. The first kappa shape index (κ1) is 12.5. The lowest BCUT2D eigenvalue weighted by molar-refractivity contribution is -0.152. The molecule has 1 saturated heterocycles. The third-order valence-corrected chi connectivity index (χ3v) is 2.79. The van der Waals surface area contributed by atoms with E-state index in [-0.39, 0.29) is 11.9 Å². The minimum Gasteiger partial charge on any atom is -0.469 e. The molecule has 1 aliphatic heterocycles. The molecule has 88 valence electrons. The first-order valence-electron chi connectivity index (χ1n) is 5.52. The molecule has 1 aliphatic rings. The summed E-state index contributed by atoms with van der Waals surface area (Å²) in [5, 5.41) is 9.69. The minimum atomic E-state index is -0.541. The maximum Gasteiger partial charge on any atom is 0.312 e. The molecule has 0 unspecified atom stereocenters. The van der Waals surface area contributed by atoms with Crippen LogP contribution in [0.2, 0.25) is 0 Å². The topological polar surface area (TPSA) is 49.8 Å². The minimum absolute atomic E-state index is 0.295. The van der Waals surface area contributed by atoms with E-state index in [4.69, 9.17) is 0 Å². The summed E-state index contributed by atoms with van der Waals surface area (Å²) in [7, 11) is 1.37. The fraction of sp³-hybridized carbons (Fsp3) is 0.909. The normalized spacial score (nSPS) is 28.1. The molecule has 0 aromatic heterocycles. The third-order valence-electron chi connectivity index (χ3n) is 2.79. The zero-order valence-electron chi connectivity index (χ0n) is 9.77. The summed E-state index contributed by atoms with van der Waals surface area (Å²) in [6.07, 6.45) is 0.118. The van der Waals surface area contributed by atoms with E-state index >= 15 is 0 Å². The highest BCUT2D eigenvalue weighted by molar-refractivity contribution is 5.73. The molecule has 0 aliphatic carbocycles. The molecular formula is C11H21NO3. The van der Waals surface area contributed by atoms with Crippen molar-refractivity contribution >= 4 is 5.97 Å². The Morgan fingerprint density at radius 1 is 1.60 bits per heavy atom. The summed E-state index contributed by atoms with van der Waals surface area (Å²) in [6, 6.07) is 0. The van der Waals surface area contributed by atoms with Gasteiger partial charge in [0.15, 0.2) is 0 Å². The number of ether oxygens (including phenoxy) is 1. The number of hydrogen-bond donors (Lipinski definition) is 1. The standard InChI is InChI=1S/C11H21NO3/c1-8(2)6-12-5-4-10(13)9(7-12)11(14)15-3/h8-10,13H,4-7H2,1-3H3/t9-,10-/m1/s1. The van der Waals surface area contributed by atoms with Crippen LogP contribution in [-0.4, -0.2) is 48.8 Å². The molecule has 0 saturated carbocycles. The Balaban J connectivity index is 2.52. The average Bonchev–Trinajstić information content (AvgIpc) is 2.19. The molecule has 1 rings (SSSR count). The highest BCUT2D eigenvalue weighted by Gasteiger charge is 2.33. The third kappa shape index (κ3) is 3.47. The highest BCUT2D eigenvalue weighted by Crippen LogP contribution is 2.19. The Bertz CT molecular complexity index is 218. The van der Waals surface area contributed by atoms with Gasteiger partial charge in [-0.3, -0.25) is 4.79 Å². The Morgan fingerprint density at radius 3 is 2.80 bits per heavy atom. The maximum absolute atomic E-state index is 11.4. The van der Waals surface area contributed by atoms with Crippen LogP contribution in [0.1, 0.15) is 20.3 Å². The van der Waals surface area contributed by atoms with Crippen molar-refractivity contribution in [1.82, 2.24) is 4.90 Å². The van der Waals surface area contributed by atoms with Crippen LogP contribution >= 0.6 is 0 Å². The maximum atomic E-state index is 11.4. The number of carbonyl (C=O) groups is 1. The Morgan fingerprint density at radius 2 is 2.27 bits per heavy atom. The van der Waals surface area contributed by atoms with Crippen molar-refractivity contribution < 1.29 is 14.6 Å². The van der Waals surface area contributed by atoms with Gasteiger partial charge in [0.1, 0.15) is 0 Å². The summed E-state index contributed by atoms with van der Waals surface area (Å²) >= 11 is 0. The van der Waals surface area contributed by atoms with E-state index in [0.29, 0.717) is 18.9 Å². The van der Waals surface area contributed by atoms with Crippen LogP contribution < -0.4 is 0 Å². The van der Waals surface area contributed by atoms with Crippen molar-refractivity contribution in [1.29, 1.82) is 0 Å². The average molecular weight is 215 g/mol. The lowest BCUT2D eigenvalue weighted by atomic mass is 9.94. The summed E-state index contributed by atoms with van der Waals surface area (Å²) in [6.45, 7) is 6.76. The van der Waals surface area contributed by atoms with Crippen molar-refractivity contribution in [2.45, 2.75) is 26.4 Å². The van der Waals surface area contributed by atoms with Gasteiger partial charge in [0.25, 0.3) is 0 Å². The number of methoxy groups -OCH3 is 1. The van der Waals surface area contributed by atoms with Gasteiger partial charge in [0, 0.05) is 19.6 Å². The molecule has 0 radical (unpaired) electrons. The zero-order chi connectivity index (χ0) is 11.4. The lowest BCUT2D eigenvalue weighted by Crippen LogP contribution is -2.47. The number of hydrogen-bond acceptors (Lipinski definition) is 4. The van der Waals surface area contributed by atoms with Crippen LogP contribution in [-0.2, 0) is 9.53 Å². The summed E-state index contributed by atoms with van der Waals surface area (Å²) in [4.78, 5) is 13.6. The van der Waals surface area contributed by atoms with Crippen molar-refractivity contribution in [3.63, 3.8) is 0 Å². The molecule has 1 N–H and O–H groups in total. The number of aliphatic hydroxyl groups excluding tert-OH is 1. The number of nitrogens with zero attached hydrogens (tertiary/aromatic N) is 1. The number of esters is 1. The molecule has 0 aromatic carbocycles. The van der Waals surface area contributed by atoms with Crippen LogP contribution in [0, 0.1) is 11.8 Å². The molecule has 1 heterocycles. The van der Waals surface area contributed by atoms with Gasteiger partial charge in [-0.2, -0.15) is 0 Å². The zero-order valence-corrected chi connectivity index (χ0v) is 9.77. The van der Waals surface area contributed by atoms with Gasteiger partial charge < -0.3 is 14.7 Å². The Kier molecular flexibility index (Phi) is 4.54. The van der Waals surface area contributed by atoms with E-state index < -0.39 is 6.10 Å². The summed E-state index contributed by atoms with van der Waals surface area (Å²) in [5.41, 5.74) is 0. The number of rotatable bonds is 3. The van der Waals surface area contributed by atoms with Crippen molar-refractivity contribution in [2.75, 3.05) is 26.7 Å². The lowest BCUT2D eigenvalue weighted by Gasteiger charge is -2.35. The molecule has 4 heteroatoms. The second-order valence-electron chi connectivity index (χ2n) is 4.64. The first-order chi connectivity index (χ1) is 7.04. The van der Waals surface area contributed by atoms with Crippen LogP contribution in [0.5, 0.6) is 0 Å². The van der Waals surface area contributed by atoms with Crippen molar-refractivity contribution in [3.8, 4) is 0 Å². The van der Waals surface area contributed by atoms with Crippen LogP contribution in [0.15, 0.2) is 0 Å². The summed E-state index contributed by atoms with van der Waals surface area (Å²) < 4.78 is 4.69. The Hall–Kier alpha value is -0.610. The number of carbonyl (C=O) groups excluding carboxylic acids is 1. The SMILES string of the molecule is COC(=O)[C@@H]1CN(CC(C)C)CC[C@H]1O. The van der Waals surface area contributed by atoms with E-state index in [1.165, 1.54) is 7.11 Å². The second kappa shape index (κ2) is 5.47. The monoisotopic (exact) mass is 215 g/mol. The Labute approximate surface area is 91.2 Å². The smallest absolute Gasteiger partial charge is 0.312 e. The van der Waals surface area contributed by atoms with E-state index in [2.05, 4.69) is 23.5 Å². The predicted octanol–water partition coefficient (Wildman–Crippen LogP) is 0.498. The van der Waals surface area contributed by atoms with Gasteiger partial charge in [-0.1, -0.05) is 13.8 Å². The van der Waals surface area contributed by atoms with Crippen molar-refractivity contribution in [2.24, 2.45) is 11.8 Å². The van der Waals surface area contributed by atoms with Gasteiger partial charge in [0.2, 0.25) is 0 Å². The molecule has 0 spiro atoms. The molecule has 0 bridgehead atoms. The fourth-order valence-electron chi connectivity index (χ4n) is 2.07. The quantitative estimate of drug-likeness (QED) is 0.696. The largest absolute Gasteiger partial charge is 0.469 e. The fourth-order valence-corrected chi connectivity index (χ4v) is 2.07. The van der Waals surface area contributed by atoms with Crippen LogP contribution in [0.3, 0.4) is 0 Å². The molecular weight excluding hydrogens is 194 g/mol.